The number of amides is 4. The maximum absolute atomic E-state index is 13.5. The summed E-state index contributed by atoms with van der Waals surface area (Å²) in [7, 11) is 0. The Morgan fingerprint density at radius 1 is 1.02 bits per heavy atom. The van der Waals surface area contributed by atoms with Gasteiger partial charge in [0, 0.05) is 92.8 Å². The van der Waals surface area contributed by atoms with Crippen molar-refractivity contribution in [3.05, 3.63) is 81.6 Å². The first kappa shape index (κ1) is 43.3. The minimum Gasteiger partial charge on any atom is -0.477 e. The number of imide groups is 1. The van der Waals surface area contributed by atoms with Crippen LogP contribution in [-0.2, 0) is 11.2 Å². The van der Waals surface area contributed by atoms with Crippen molar-refractivity contribution in [2.45, 2.75) is 78.2 Å². The third-order valence-electron chi connectivity index (χ3n) is 13.4. The Bertz CT molecular complexity index is 2350. The van der Waals surface area contributed by atoms with Crippen molar-refractivity contribution < 1.29 is 19.1 Å². The average Bonchev–Trinajstić information content (AvgIpc) is 4.04. The number of aromatic nitrogens is 3. The molecule has 14 nitrogen and oxygen atoms in total. The molecule has 4 amide bonds. The fourth-order valence-electron chi connectivity index (χ4n) is 9.33. The number of carbonyl (C=O) groups is 3. The first-order valence-corrected chi connectivity index (χ1v) is 22.5. The minimum absolute atomic E-state index is 0.0447. The molecule has 1 saturated carbocycles. The van der Waals surface area contributed by atoms with E-state index in [-0.39, 0.29) is 36.2 Å². The van der Waals surface area contributed by atoms with Gasteiger partial charge in [0.1, 0.15) is 0 Å². The van der Waals surface area contributed by atoms with Gasteiger partial charge in [-0.2, -0.15) is 10.4 Å². The third-order valence-corrected chi connectivity index (χ3v) is 13.8. The summed E-state index contributed by atoms with van der Waals surface area (Å²) in [6.07, 6.45) is 9.03. The van der Waals surface area contributed by atoms with Crippen LogP contribution in [0.1, 0.15) is 90.7 Å². The number of nitrogens with one attached hydrogen (secondary N) is 2. The Balaban J connectivity index is 0.761. The molecule has 2 N–H and O–H groups in total. The zero-order chi connectivity index (χ0) is 43.4. The van der Waals surface area contributed by atoms with Crippen LogP contribution in [-0.4, -0.2) is 113 Å². The van der Waals surface area contributed by atoms with E-state index in [9.17, 15) is 19.6 Å². The van der Waals surface area contributed by atoms with E-state index in [1.54, 1.807) is 18.2 Å². The van der Waals surface area contributed by atoms with Gasteiger partial charge in [-0.05, 0) is 107 Å². The van der Waals surface area contributed by atoms with Gasteiger partial charge < -0.3 is 24.8 Å². The Kier molecular flexibility index (Phi) is 13.2. The smallest absolute Gasteiger partial charge is 0.328 e. The molecule has 62 heavy (non-hydrogen) atoms. The quantitative estimate of drug-likeness (QED) is 0.126. The molecule has 1 atom stereocenters. The van der Waals surface area contributed by atoms with Gasteiger partial charge >= 0.3 is 6.03 Å². The predicted octanol–water partition coefficient (Wildman–Crippen LogP) is 7.09. The fourth-order valence-corrected chi connectivity index (χ4v) is 9.54. The molecule has 15 heteroatoms. The van der Waals surface area contributed by atoms with Crippen molar-refractivity contribution >= 4 is 51.7 Å². The van der Waals surface area contributed by atoms with Crippen LogP contribution in [0.2, 0.25) is 5.02 Å². The van der Waals surface area contributed by atoms with Crippen LogP contribution in [0.15, 0.2) is 48.7 Å². The number of benzene rings is 2. The number of piperazine rings is 1. The summed E-state index contributed by atoms with van der Waals surface area (Å²) in [4.78, 5) is 50.7. The Labute approximate surface area is 368 Å². The molecule has 8 rings (SSSR count). The zero-order valence-corrected chi connectivity index (χ0v) is 36.8. The molecule has 3 aliphatic heterocycles. The molecule has 4 aliphatic rings. The molecular weight excluding hydrogens is 804 g/mol. The second-order valence-corrected chi connectivity index (χ2v) is 18.1. The first-order valence-electron chi connectivity index (χ1n) is 22.1. The number of likely N-dealkylation sites (tertiary alicyclic amines) is 1. The summed E-state index contributed by atoms with van der Waals surface area (Å²) in [5, 5.41) is 26.4. The molecular formula is C47H57ClN10O4. The van der Waals surface area contributed by atoms with Crippen molar-refractivity contribution in [1.82, 2.24) is 35.2 Å². The molecule has 0 spiro atoms. The number of hydrogen-bond acceptors (Lipinski definition) is 11. The van der Waals surface area contributed by atoms with Crippen molar-refractivity contribution in [1.29, 1.82) is 5.26 Å². The van der Waals surface area contributed by atoms with E-state index in [1.165, 1.54) is 11.3 Å². The molecule has 0 bridgehead atoms. The number of rotatable bonds is 15. The highest BCUT2D eigenvalue weighted by Gasteiger charge is 2.45. The van der Waals surface area contributed by atoms with Gasteiger partial charge in [0.15, 0.2) is 5.82 Å². The number of ether oxygens (including phenoxy) is 1. The van der Waals surface area contributed by atoms with Crippen LogP contribution in [0.4, 0.5) is 16.3 Å². The molecule has 326 valence electrons. The molecule has 4 fully saturated rings. The van der Waals surface area contributed by atoms with Crippen molar-refractivity contribution in [2.75, 3.05) is 75.7 Å². The molecule has 0 unspecified atom stereocenters. The van der Waals surface area contributed by atoms with E-state index in [1.807, 2.05) is 36.2 Å². The SMILES string of the molecule is Cc1c(CC#N)cccc1[C@@H](C)Nc1nnc(C)c2cnc(OCC3(CN4CCN(CCCC5CCN(C(=O)c6ccc(Cl)c(N7CCC(=O)NC7=O)c6)CC5)CC4)CC3)cc12. The van der Waals surface area contributed by atoms with Crippen LogP contribution in [0.3, 0.4) is 0 Å². The fraction of sp³-hybridized carbons (Fsp3) is 0.511. The topological polar surface area (TPSA) is 160 Å². The van der Waals surface area contributed by atoms with Gasteiger partial charge in [-0.15, -0.1) is 5.10 Å². The highest BCUT2D eigenvalue weighted by molar-refractivity contribution is 6.34. The van der Waals surface area contributed by atoms with Gasteiger partial charge in [0.2, 0.25) is 11.8 Å². The van der Waals surface area contributed by atoms with E-state index in [4.69, 9.17) is 16.3 Å². The lowest BCUT2D eigenvalue weighted by atomic mass is 9.91. The maximum atomic E-state index is 13.5. The van der Waals surface area contributed by atoms with Crippen LogP contribution in [0, 0.1) is 36.5 Å². The number of halogens is 1. The summed E-state index contributed by atoms with van der Waals surface area (Å²) in [5.74, 6) is 1.52. The number of pyridine rings is 1. The van der Waals surface area contributed by atoms with E-state index < -0.39 is 6.03 Å². The van der Waals surface area contributed by atoms with Crippen molar-refractivity contribution in [3.63, 3.8) is 0 Å². The number of piperidine rings is 1. The van der Waals surface area contributed by atoms with Crippen molar-refractivity contribution in [3.8, 4) is 11.9 Å². The largest absolute Gasteiger partial charge is 0.477 e. The van der Waals surface area contributed by atoms with Crippen LogP contribution < -0.4 is 20.3 Å². The van der Waals surface area contributed by atoms with Crippen LogP contribution >= 0.6 is 11.6 Å². The number of fused-ring (bicyclic) bond motifs is 1. The number of carbonyl (C=O) groups excluding carboxylic acids is 3. The first-order chi connectivity index (χ1) is 30.0. The number of nitriles is 1. The van der Waals surface area contributed by atoms with Crippen molar-refractivity contribution in [2.24, 2.45) is 11.3 Å². The van der Waals surface area contributed by atoms with Gasteiger partial charge in [0.05, 0.1) is 41.5 Å². The lowest BCUT2D eigenvalue weighted by Crippen LogP contribution is -2.49. The Morgan fingerprint density at radius 3 is 2.53 bits per heavy atom. The molecule has 4 aromatic rings. The number of aryl methyl sites for hydroxylation is 1. The summed E-state index contributed by atoms with van der Waals surface area (Å²) in [5.41, 5.74) is 5.19. The molecule has 2 aromatic carbocycles. The summed E-state index contributed by atoms with van der Waals surface area (Å²) >= 11 is 6.41. The molecule has 5 heterocycles. The third kappa shape index (κ3) is 9.96. The molecule has 1 aliphatic carbocycles. The standard InChI is InChI=1S/C47H57ClN10O4/c1-31-35(11-17-49)7-4-8-37(31)32(2)51-44-38-27-43(50-28-39(38)33(3)53-54-44)62-30-47(15-16-47)29-56-24-22-55(23-25-56)18-5-6-34-12-19-57(20-13-34)45(60)36-9-10-40(48)41(26-36)58-21-14-42(59)52-46(58)61/h4,7-10,26-28,32,34H,5-6,11-16,18-25,29-30H2,1-3H3,(H,51,54)(H,52,59,61)/t32-/m1/s1. The lowest BCUT2D eigenvalue weighted by Gasteiger charge is -2.37. The highest BCUT2D eigenvalue weighted by Crippen LogP contribution is 2.47. The summed E-state index contributed by atoms with van der Waals surface area (Å²) in [6, 6.07) is 14.8. The van der Waals surface area contributed by atoms with Gasteiger partial charge in [0.25, 0.3) is 5.91 Å². The molecule has 0 radical (unpaired) electrons. The van der Waals surface area contributed by atoms with E-state index in [2.05, 4.69) is 61.6 Å². The number of hydrogen-bond donors (Lipinski definition) is 2. The molecule has 3 saturated heterocycles. The zero-order valence-electron chi connectivity index (χ0n) is 36.1. The van der Waals surface area contributed by atoms with Crippen LogP contribution in [0.25, 0.3) is 10.8 Å². The highest BCUT2D eigenvalue weighted by atomic mass is 35.5. The minimum atomic E-state index is -0.520. The monoisotopic (exact) mass is 860 g/mol. The van der Waals surface area contributed by atoms with E-state index in [0.717, 1.165) is 105 Å². The average molecular weight is 861 g/mol. The maximum Gasteiger partial charge on any atom is 0.328 e. The van der Waals surface area contributed by atoms with E-state index >= 15 is 0 Å². The van der Waals surface area contributed by atoms with E-state index in [0.29, 0.717) is 60.0 Å². The normalized spacial score (nSPS) is 19.0. The van der Waals surface area contributed by atoms with Gasteiger partial charge in [-0.3, -0.25) is 19.8 Å². The van der Waals surface area contributed by atoms with Gasteiger partial charge in [-0.25, -0.2) is 9.78 Å². The number of nitrogens with zero attached hydrogens (tertiary/aromatic N) is 8. The second-order valence-electron chi connectivity index (χ2n) is 17.7. The van der Waals surface area contributed by atoms with Gasteiger partial charge in [-0.1, -0.05) is 29.8 Å². The predicted molar refractivity (Wildman–Crippen MR) is 239 cm³/mol. The lowest BCUT2D eigenvalue weighted by molar-refractivity contribution is -0.120. The second kappa shape index (κ2) is 18.9. The summed E-state index contributed by atoms with van der Waals surface area (Å²) < 4.78 is 6.44. The summed E-state index contributed by atoms with van der Waals surface area (Å²) in [6.45, 7) is 14.8. The Morgan fingerprint density at radius 2 is 1.79 bits per heavy atom. The molecule has 2 aromatic heterocycles. The Hall–Kier alpha value is -5.36. The van der Waals surface area contributed by atoms with Crippen LogP contribution in [0.5, 0.6) is 5.88 Å². The number of anilines is 2. The number of urea groups is 1.